The highest BCUT2D eigenvalue weighted by Gasteiger charge is 2.21. The van der Waals surface area contributed by atoms with Gasteiger partial charge in [-0.05, 0) is 35.3 Å². The zero-order valence-corrected chi connectivity index (χ0v) is 15.1. The van der Waals surface area contributed by atoms with Crippen molar-refractivity contribution < 1.29 is 13.2 Å². The minimum absolute atomic E-state index is 0.0134. The Bertz CT molecular complexity index is 818. The number of halogens is 2. The van der Waals surface area contributed by atoms with Gasteiger partial charge in [0, 0.05) is 0 Å². The molecule has 0 spiro atoms. The molecule has 0 bridgehead atoms. The largest absolute Gasteiger partial charge is 0.287 e. The number of nitrogens with zero attached hydrogens (tertiary/aromatic N) is 1. The molecule has 0 saturated carbocycles. The summed E-state index contributed by atoms with van der Waals surface area (Å²) in [6, 6.07) is 6.52. The van der Waals surface area contributed by atoms with E-state index in [1.54, 1.807) is 12.1 Å². The first-order valence-electron chi connectivity index (χ1n) is 6.75. The molecule has 2 rings (SSSR count). The van der Waals surface area contributed by atoms with E-state index in [4.69, 9.17) is 23.2 Å². The Morgan fingerprint density at radius 1 is 0.957 bits per heavy atom. The summed E-state index contributed by atoms with van der Waals surface area (Å²) < 4.78 is 28.4. The van der Waals surface area contributed by atoms with Gasteiger partial charge in [0.15, 0.2) is 0 Å². The average molecular weight is 372 g/mol. The number of hydrogen-bond acceptors (Lipinski definition) is 3. The molecule has 0 saturated heterocycles. The standard InChI is InChI=1S/C16H15Cl2NO3S/c1-16(2,3)10-4-6-12(7-5-10)23(21,22)19-11-8-13(17)15(20)14(18)9-11/h4-9H,1-3H3. The Balaban J connectivity index is 2.40. The topological polar surface area (TPSA) is 63.6 Å². The van der Waals surface area contributed by atoms with Crippen LogP contribution in [0.15, 0.2) is 55.8 Å². The summed E-state index contributed by atoms with van der Waals surface area (Å²) in [5.41, 5.74) is 0.947. The van der Waals surface area contributed by atoms with Gasteiger partial charge in [-0.25, -0.2) is 0 Å². The van der Waals surface area contributed by atoms with Crippen LogP contribution in [0.5, 0.6) is 0 Å². The number of sulfonamides is 1. The Labute approximate surface area is 145 Å². The highest BCUT2D eigenvalue weighted by Crippen LogP contribution is 2.25. The van der Waals surface area contributed by atoms with Crippen LogP contribution in [0.25, 0.3) is 0 Å². The molecule has 0 unspecified atom stereocenters. The molecule has 4 nitrogen and oxygen atoms in total. The molecule has 23 heavy (non-hydrogen) atoms. The molecular formula is C16H15Cl2NO3S. The van der Waals surface area contributed by atoms with E-state index in [2.05, 4.69) is 4.40 Å². The van der Waals surface area contributed by atoms with Gasteiger partial charge < -0.3 is 0 Å². The van der Waals surface area contributed by atoms with E-state index in [0.29, 0.717) is 0 Å². The van der Waals surface area contributed by atoms with Crippen molar-refractivity contribution in [2.45, 2.75) is 31.1 Å². The number of benzene rings is 1. The lowest BCUT2D eigenvalue weighted by Gasteiger charge is -2.18. The van der Waals surface area contributed by atoms with E-state index in [1.807, 2.05) is 20.8 Å². The third-order valence-corrected chi connectivity index (χ3v) is 5.11. The van der Waals surface area contributed by atoms with Crippen LogP contribution in [0.3, 0.4) is 0 Å². The van der Waals surface area contributed by atoms with Crippen LogP contribution in [0.1, 0.15) is 26.3 Å². The molecule has 122 valence electrons. The fraction of sp³-hybridized carbons (Fsp3) is 0.250. The molecule has 1 aliphatic rings. The van der Waals surface area contributed by atoms with Crippen LogP contribution in [-0.2, 0) is 20.2 Å². The van der Waals surface area contributed by atoms with Crippen molar-refractivity contribution >= 4 is 44.7 Å². The zero-order chi connectivity index (χ0) is 17.4. The number of Topliss-reactive ketones (excluding diaryl/α,β-unsaturated/α-hetero) is 1. The highest BCUT2D eigenvalue weighted by molar-refractivity contribution is 7.90. The van der Waals surface area contributed by atoms with Crippen molar-refractivity contribution in [1.29, 1.82) is 0 Å². The first-order chi connectivity index (χ1) is 10.5. The summed E-state index contributed by atoms with van der Waals surface area (Å²) >= 11 is 11.4. The molecule has 0 aliphatic heterocycles. The second-order valence-corrected chi connectivity index (χ2v) is 8.50. The molecule has 0 fully saturated rings. The average Bonchev–Trinajstić information content (AvgIpc) is 2.43. The van der Waals surface area contributed by atoms with Gasteiger partial charge >= 0.3 is 0 Å². The summed E-state index contributed by atoms with van der Waals surface area (Å²) in [6.07, 6.45) is 2.35. The van der Waals surface area contributed by atoms with Crippen LogP contribution in [-0.4, -0.2) is 19.9 Å². The number of rotatable bonds is 2. The fourth-order valence-corrected chi connectivity index (χ4v) is 3.36. The van der Waals surface area contributed by atoms with Crippen molar-refractivity contribution in [3.8, 4) is 0 Å². The molecule has 0 amide bonds. The smallest absolute Gasteiger partial charge is 0.282 e. The maximum Gasteiger partial charge on any atom is 0.282 e. The lowest BCUT2D eigenvalue weighted by atomic mass is 9.87. The minimum atomic E-state index is -3.92. The first-order valence-corrected chi connectivity index (χ1v) is 8.95. The second-order valence-electron chi connectivity index (χ2n) is 6.08. The maximum atomic E-state index is 12.3. The lowest BCUT2D eigenvalue weighted by molar-refractivity contribution is -0.111. The van der Waals surface area contributed by atoms with Gasteiger partial charge in [0.1, 0.15) is 0 Å². The van der Waals surface area contributed by atoms with Crippen LogP contribution in [0, 0.1) is 0 Å². The van der Waals surface area contributed by atoms with E-state index >= 15 is 0 Å². The zero-order valence-electron chi connectivity index (χ0n) is 12.8. The Morgan fingerprint density at radius 2 is 1.43 bits per heavy atom. The van der Waals surface area contributed by atoms with Crippen LogP contribution < -0.4 is 0 Å². The molecule has 0 atom stereocenters. The number of allylic oxidation sites excluding steroid dienone is 4. The quantitative estimate of drug-likeness (QED) is 0.739. The van der Waals surface area contributed by atoms with Crippen LogP contribution >= 0.6 is 23.2 Å². The van der Waals surface area contributed by atoms with Gasteiger partial charge in [-0.1, -0.05) is 56.1 Å². The van der Waals surface area contributed by atoms with E-state index in [-0.39, 0.29) is 26.1 Å². The van der Waals surface area contributed by atoms with E-state index in [1.165, 1.54) is 24.3 Å². The molecule has 7 heteroatoms. The maximum absolute atomic E-state index is 12.3. The van der Waals surface area contributed by atoms with Crippen molar-refractivity contribution in [3.05, 3.63) is 52.0 Å². The molecular weight excluding hydrogens is 357 g/mol. The van der Waals surface area contributed by atoms with Crippen LogP contribution in [0.4, 0.5) is 0 Å². The summed E-state index contributed by atoms with van der Waals surface area (Å²) in [5.74, 6) is -0.556. The molecule has 0 heterocycles. The second kappa shape index (κ2) is 6.23. The molecule has 1 aromatic carbocycles. The molecule has 0 N–H and O–H groups in total. The molecule has 1 aromatic rings. The first kappa shape index (κ1) is 17.9. The van der Waals surface area contributed by atoms with Gasteiger partial charge in [-0.3, -0.25) is 4.79 Å². The minimum Gasteiger partial charge on any atom is -0.287 e. The Kier molecular flexibility index (Phi) is 4.85. The van der Waals surface area contributed by atoms with Gasteiger partial charge in [-0.15, -0.1) is 0 Å². The van der Waals surface area contributed by atoms with E-state index < -0.39 is 15.8 Å². The number of carbonyl (C=O) groups excluding carboxylic acids is 1. The third kappa shape index (κ3) is 4.10. The predicted molar refractivity (Wildman–Crippen MR) is 92.6 cm³/mol. The molecule has 0 radical (unpaired) electrons. The van der Waals surface area contributed by atoms with E-state index in [9.17, 15) is 13.2 Å². The predicted octanol–water partition coefficient (Wildman–Crippen LogP) is 3.94. The Hall–Kier alpha value is -1.43. The number of ketones is 1. The van der Waals surface area contributed by atoms with Gasteiger partial charge in [0.25, 0.3) is 10.0 Å². The SMILES string of the molecule is CC(C)(C)c1ccc(S(=O)(=O)N=C2C=C(Cl)C(=O)C(Cl)=C2)cc1. The highest BCUT2D eigenvalue weighted by atomic mass is 35.5. The van der Waals surface area contributed by atoms with Gasteiger partial charge in [0.2, 0.25) is 5.78 Å². The monoisotopic (exact) mass is 371 g/mol. The number of carbonyl (C=O) groups is 1. The summed E-state index contributed by atoms with van der Waals surface area (Å²) in [4.78, 5) is 11.5. The summed E-state index contributed by atoms with van der Waals surface area (Å²) in [6.45, 7) is 6.11. The van der Waals surface area contributed by atoms with E-state index in [0.717, 1.165) is 5.56 Å². The van der Waals surface area contributed by atoms with Gasteiger partial charge in [0.05, 0.1) is 20.7 Å². The third-order valence-electron chi connectivity index (χ3n) is 3.23. The van der Waals surface area contributed by atoms with Crippen LogP contribution in [0.2, 0.25) is 0 Å². The fourth-order valence-electron chi connectivity index (χ4n) is 1.92. The summed E-state index contributed by atoms with van der Waals surface area (Å²) in [7, 11) is -3.92. The number of hydrogen-bond donors (Lipinski definition) is 0. The Morgan fingerprint density at radius 3 is 1.87 bits per heavy atom. The van der Waals surface area contributed by atoms with Crippen molar-refractivity contribution in [2.24, 2.45) is 4.40 Å². The molecule has 0 aromatic heterocycles. The van der Waals surface area contributed by atoms with Crippen molar-refractivity contribution in [2.75, 3.05) is 0 Å². The van der Waals surface area contributed by atoms with Gasteiger partial charge in [-0.2, -0.15) is 12.8 Å². The van der Waals surface area contributed by atoms with Crippen molar-refractivity contribution in [3.63, 3.8) is 0 Å². The summed E-state index contributed by atoms with van der Waals surface area (Å²) in [5, 5.41) is -0.343. The van der Waals surface area contributed by atoms with Crippen molar-refractivity contribution in [1.82, 2.24) is 0 Å². The lowest BCUT2D eigenvalue weighted by Crippen LogP contribution is -2.12. The molecule has 1 aliphatic carbocycles. The normalized spacial score (nSPS) is 16.0.